The lowest BCUT2D eigenvalue weighted by atomic mass is 10.1. The molecule has 0 spiro atoms. The van der Waals surface area contributed by atoms with Gasteiger partial charge < -0.3 is 13.8 Å². The SMILES string of the molecule is COc1ccc(CNP(C)(=O)Cc2ccc(-c3noc(C(F)(F)F)n3)cc2)cc1. The van der Waals surface area contributed by atoms with Gasteiger partial charge in [0.2, 0.25) is 5.82 Å². The van der Waals surface area contributed by atoms with Gasteiger partial charge in [0.05, 0.1) is 7.11 Å². The van der Waals surface area contributed by atoms with E-state index in [1.807, 2.05) is 24.3 Å². The van der Waals surface area contributed by atoms with Gasteiger partial charge in [0.1, 0.15) is 13.0 Å². The Morgan fingerprint density at radius 2 is 1.69 bits per heavy atom. The number of ether oxygens (including phenoxy) is 1. The highest BCUT2D eigenvalue weighted by Gasteiger charge is 2.38. The number of nitrogens with zero attached hydrogens (tertiary/aromatic N) is 2. The molecule has 1 N–H and O–H groups in total. The van der Waals surface area contributed by atoms with Crippen molar-refractivity contribution in [1.82, 2.24) is 15.2 Å². The Labute approximate surface area is 165 Å². The summed E-state index contributed by atoms with van der Waals surface area (Å²) in [5.74, 6) is -0.795. The summed E-state index contributed by atoms with van der Waals surface area (Å²) in [6, 6.07) is 14.0. The molecule has 2 aromatic carbocycles. The lowest BCUT2D eigenvalue weighted by Gasteiger charge is -2.15. The first-order chi connectivity index (χ1) is 13.7. The van der Waals surface area contributed by atoms with Gasteiger partial charge in [-0.25, -0.2) is 0 Å². The number of rotatable bonds is 7. The lowest BCUT2D eigenvalue weighted by Crippen LogP contribution is -2.11. The molecule has 0 amide bonds. The first-order valence-electron chi connectivity index (χ1n) is 8.61. The van der Waals surface area contributed by atoms with Crippen LogP contribution in [0.5, 0.6) is 5.75 Å². The molecule has 1 aromatic heterocycles. The van der Waals surface area contributed by atoms with Crippen molar-refractivity contribution in [2.75, 3.05) is 13.8 Å². The Bertz CT molecular complexity index is 1000. The highest BCUT2D eigenvalue weighted by Crippen LogP contribution is 2.41. The predicted octanol–water partition coefficient (Wildman–Crippen LogP) is 4.96. The van der Waals surface area contributed by atoms with Gasteiger partial charge in [-0.3, -0.25) is 5.09 Å². The van der Waals surface area contributed by atoms with Crippen molar-refractivity contribution in [3.05, 3.63) is 65.5 Å². The quantitative estimate of drug-likeness (QED) is 0.539. The summed E-state index contributed by atoms with van der Waals surface area (Å²) in [5.41, 5.74) is 2.13. The van der Waals surface area contributed by atoms with Crippen molar-refractivity contribution in [3.8, 4) is 17.1 Å². The minimum Gasteiger partial charge on any atom is -0.497 e. The standard InChI is InChI=1S/C19H19F3N3O3P/c1-27-16-9-5-13(6-10-16)11-23-29(2,26)12-14-3-7-15(8-4-14)17-24-18(28-25-17)19(20,21)22/h3-10H,11-12H2,1-2H3,(H,23,26). The third kappa shape index (κ3) is 5.68. The zero-order valence-electron chi connectivity index (χ0n) is 15.7. The zero-order chi connectivity index (χ0) is 21.1. The number of hydrogen-bond acceptors (Lipinski definition) is 5. The van der Waals surface area contributed by atoms with Crippen molar-refractivity contribution < 1.29 is 27.0 Å². The maximum absolute atomic E-state index is 12.8. The summed E-state index contributed by atoms with van der Waals surface area (Å²) < 4.78 is 59.9. The molecule has 0 aliphatic heterocycles. The minimum atomic E-state index is -4.68. The van der Waals surface area contributed by atoms with E-state index in [1.54, 1.807) is 38.0 Å². The van der Waals surface area contributed by atoms with Crippen LogP contribution in [0.3, 0.4) is 0 Å². The normalized spacial score (nSPS) is 13.8. The van der Waals surface area contributed by atoms with Crippen LogP contribution in [-0.2, 0) is 23.4 Å². The van der Waals surface area contributed by atoms with Crippen LogP contribution in [0.2, 0.25) is 0 Å². The van der Waals surface area contributed by atoms with Gasteiger partial charge in [-0.1, -0.05) is 41.6 Å². The number of hydrogen-bond donors (Lipinski definition) is 1. The largest absolute Gasteiger partial charge is 0.497 e. The summed E-state index contributed by atoms with van der Waals surface area (Å²) >= 11 is 0. The topological polar surface area (TPSA) is 77.2 Å². The summed E-state index contributed by atoms with van der Waals surface area (Å²) in [4.78, 5) is 3.35. The third-order valence-corrected chi connectivity index (χ3v) is 5.94. The van der Waals surface area contributed by atoms with Gasteiger partial charge in [0, 0.05) is 24.9 Å². The van der Waals surface area contributed by atoms with Gasteiger partial charge in [0.15, 0.2) is 0 Å². The number of halogens is 3. The fraction of sp³-hybridized carbons (Fsp3) is 0.263. The number of benzene rings is 2. The van der Waals surface area contributed by atoms with Crippen LogP contribution in [0.25, 0.3) is 11.4 Å². The molecule has 0 aliphatic carbocycles. The number of alkyl halides is 3. The summed E-state index contributed by atoms with van der Waals surface area (Å²) in [5, 5.41) is 6.43. The van der Waals surface area contributed by atoms with Crippen LogP contribution in [0.4, 0.5) is 13.2 Å². The van der Waals surface area contributed by atoms with E-state index in [0.29, 0.717) is 18.3 Å². The van der Waals surface area contributed by atoms with E-state index < -0.39 is 19.4 Å². The fourth-order valence-corrected chi connectivity index (χ4v) is 4.16. The van der Waals surface area contributed by atoms with E-state index in [9.17, 15) is 17.7 Å². The second-order valence-electron chi connectivity index (χ2n) is 6.56. The van der Waals surface area contributed by atoms with Crippen molar-refractivity contribution in [1.29, 1.82) is 0 Å². The Morgan fingerprint density at radius 3 is 2.24 bits per heavy atom. The maximum Gasteiger partial charge on any atom is 0.471 e. The van der Waals surface area contributed by atoms with Crippen LogP contribution >= 0.6 is 7.29 Å². The van der Waals surface area contributed by atoms with Gasteiger partial charge >= 0.3 is 12.1 Å². The van der Waals surface area contributed by atoms with E-state index in [4.69, 9.17) is 4.74 Å². The van der Waals surface area contributed by atoms with E-state index in [-0.39, 0.29) is 5.82 Å². The molecule has 6 nitrogen and oxygen atoms in total. The molecule has 29 heavy (non-hydrogen) atoms. The van der Waals surface area contributed by atoms with Crippen LogP contribution in [0.15, 0.2) is 53.1 Å². The molecular formula is C19H19F3N3O3P. The number of aromatic nitrogens is 2. The average molecular weight is 425 g/mol. The smallest absolute Gasteiger partial charge is 0.471 e. The molecule has 0 saturated heterocycles. The van der Waals surface area contributed by atoms with Crippen LogP contribution in [0.1, 0.15) is 17.0 Å². The van der Waals surface area contributed by atoms with E-state index in [0.717, 1.165) is 16.9 Å². The van der Waals surface area contributed by atoms with Crippen LogP contribution in [-0.4, -0.2) is 23.9 Å². The van der Waals surface area contributed by atoms with Crippen molar-refractivity contribution in [2.45, 2.75) is 18.9 Å². The van der Waals surface area contributed by atoms with Gasteiger partial charge in [-0.05, 0) is 23.3 Å². The zero-order valence-corrected chi connectivity index (χ0v) is 16.6. The molecule has 154 valence electrons. The molecule has 3 aromatic rings. The summed E-state index contributed by atoms with van der Waals surface area (Å²) in [6.45, 7) is 2.10. The molecule has 10 heteroatoms. The van der Waals surface area contributed by atoms with Crippen molar-refractivity contribution in [3.63, 3.8) is 0 Å². The average Bonchev–Trinajstić information content (AvgIpc) is 3.18. The molecule has 0 saturated carbocycles. The first-order valence-corrected chi connectivity index (χ1v) is 10.9. The Morgan fingerprint density at radius 1 is 1.07 bits per heavy atom. The van der Waals surface area contributed by atoms with E-state index >= 15 is 0 Å². The van der Waals surface area contributed by atoms with Crippen LogP contribution in [0, 0.1) is 0 Å². The van der Waals surface area contributed by atoms with Crippen LogP contribution < -0.4 is 9.82 Å². The van der Waals surface area contributed by atoms with Crippen molar-refractivity contribution >= 4 is 7.29 Å². The van der Waals surface area contributed by atoms with E-state index in [2.05, 4.69) is 19.8 Å². The fourth-order valence-electron chi connectivity index (χ4n) is 2.62. The molecule has 0 bridgehead atoms. The van der Waals surface area contributed by atoms with Crippen molar-refractivity contribution in [2.24, 2.45) is 0 Å². The second-order valence-corrected chi connectivity index (χ2v) is 9.39. The molecule has 0 aliphatic rings. The van der Waals surface area contributed by atoms with Gasteiger partial charge in [0.25, 0.3) is 0 Å². The molecule has 3 rings (SSSR count). The maximum atomic E-state index is 12.8. The first kappa shape index (κ1) is 21.1. The minimum absolute atomic E-state index is 0.152. The van der Waals surface area contributed by atoms with Gasteiger partial charge in [-0.2, -0.15) is 18.2 Å². The number of nitrogens with one attached hydrogen (secondary N) is 1. The molecule has 0 fully saturated rings. The van der Waals surface area contributed by atoms with E-state index in [1.165, 1.54) is 0 Å². The molecule has 1 atom stereocenters. The highest BCUT2D eigenvalue weighted by molar-refractivity contribution is 7.60. The molecular weight excluding hydrogens is 406 g/mol. The summed E-state index contributed by atoms with van der Waals surface area (Å²) in [7, 11) is -1.09. The highest BCUT2D eigenvalue weighted by atomic mass is 31.2. The molecule has 0 radical (unpaired) electrons. The summed E-state index contributed by atoms with van der Waals surface area (Å²) in [6.07, 6.45) is -4.39. The Kier molecular flexibility index (Phi) is 6.10. The molecule has 1 unspecified atom stereocenters. The monoisotopic (exact) mass is 425 g/mol. The third-order valence-electron chi connectivity index (χ3n) is 4.14. The molecule has 1 heterocycles. The second kappa shape index (κ2) is 8.39. The Balaban J connectivity index is 1.61. The lowest BCUT2D eigenvalue weighted by molar-refractivity contribution is -0.159. The predicted molar refractivity (Wildman–Crippen MR) is 102 cm³/mol. The Hall–Kier alpha value is -2.64. The number of methoxy groups -OCH3 is 1. The van der Waals surface area contributed by atoms with Gasteiger partial charge in [-0.15, -0.1) is 0 Å².